The van der Waals surface area contributed by atoms with Crippen LogP contribution in [-0.2, 0) is 6.54 Å². The molecule has 1 amide bonds. The van der Waals surface area contributed by atoms with Gasteiger partial charge in [0.1, 0.15) is 5.56 Å². The number of anilines is 1. The van der Waals surface area contributed by atoms with Crippen LogP contribution in [0.4, 0.5) is 5.69 Å². The van der Waals surface area contributed by atoms with Gasteiger partial charge in [0.25, 0.3) is 11.5 Å². The fraction of sp³-hybridized carbons (Fsp3) is 0.0435. The molecule has 0 unspecified atom stereocenters. The summed E-state index contributed by atoms with van der Waals surface area (Å²) in [5, 5.41) is 2.79. The van der Waals surface area contributed by atoms with E-state index in [2.05, 4.69) is 15.3 Å². The number of aromatic nitrogens is 3. The molecule has 0 aliphatic heterocycles. The Kier molecular flexibility index (Phi) is 5.34. The third kappa shape index (κ3) is 3.95. The van der Waals surface area contributed by atoms with Crippen molar-refractivity contribution in [1.82, 2.24) is 14.5 Å². The first kappa shape index (κ1) is 19.1. The molecule has 4 aromatic rings. The molecule has 2 aromatic heterocycles. The maximum absolute atomic E-state index is 12.9. The molecule has 2 heterocycles. The number of nitrogens with one attached hydrogen (secondary N) is 2. The number of para-hydroxylation sites is 1. The molecule has 0 aliphatic rings. The highest BCUT2D eigenvalue weighted by Gasteiger charge is 2.17. The van der Waals surface area contributed by atoms with Gasteiger partial charge in [0.05, 0.1) is 12.2 Å². The molecule has 2 N–H and O–H groups in total. The van der Waals surface area contributed by atoms with Crippen molar-refractivity contribution in [1.29, 1.82) is 0 Å². The highest BCUT2D eigenvalue weighted by atomic mass is 16.2. The molecule has 0 fully saturated rings. The summed E-state index contributed by atoms with van der Waals surface area (Å²) in [6.07, 6.45) is 2.71. The third-order valence-electron chi connectivity index (χ3n) is 4.61. The SMILES string of the molecule is O=C(Nc1ccccc1-c1ccccc1)c1c[nH]c(=O)n(Cc2ccccn2)c1=O. The lowest BCUT2D eigenvalue weighted by atomic mass is 10.0. The second-order valence-corrected chi connectivity index (χ2v) is 6.59. The summed E-state index contributed by atoms with van der Waals surface area (Å²) in [6, 6.07) is 22.1. The molecule has 7 heteroatoms. The lowest BCUT2D eigenvalue weighted by Crippen LogP contribution is -2.39. The van der Waals surface area contributed by atoms with Crippen molar-refractivity contribution in [2.24, 2.45) is 0 Å². The molecule has 0 saturated carbocycles. The molecule has 148 valence electrons. The quantitative estimate of drug-likeness (QED) is 0.540. The van der Waals surface area contributed by atoms with Crippen LogP contribution in [0.3, 0.4) is 0 Å². The van der Waals surface area contributed by atoms with Gasteiger partial charge in [0.2, 0.25) is 0 Å². The normalized spacial score (nSPS) is 10.5. The summed E-state index contributed by atoms with van der Waals surface area (Å²) in [4.78, 5) is 44.5. The first-order chi connectivity index (χ1) is 14.6. The van der Waals surface area contributed by atoms with Crippen LogP contribution in [0.5, 0.6) is 0 Å². The Labute approximate surface area is 171 Å². The van der Waals surface area contributed by atoms with Gasteiger partial charge in [-0.05, 0) is 23.8 Å². The number of carbonyl (C=O) groups excluding carboxylic acids is 1. The van der Waals surface area contributed by atoms with Crippen LogP contribution in [0, 0.1) is 0 Å². The summed E-state index contributed by atoms with van der Waals surface area (Å²) >= 11 is 0. The highest BCUT2D eigenvalue weighted by Crippen LogP contribution is 2.27. The van der Waals surface area contributed by atoms with Gasteiger partial charge in [0.15, 0.2) is 0 Å². The zero-order valence-corrected chi connectivity index (χ0v) is 15.9. The van der Waals surface area contributed by atoms with Gasteiger partial charge in [-0.25, -0.2) is 4.79 Å². The van der Waals surface area contributed by atoms with E-state index in [-0.39, 0.29) is 12.1 Å². The summed E-state index contributed by atoms with van der Waals surface area (Å²) in [7, 11) is 0. The highest BCUT2D eigenvalue weighted by molar-refractivity contribution is 6.05. The number of nitrogens with zero attached hydrogens (tertiary/aromatic N) is 2. The minimum atomic E-state index is -0.681. The number of pyridine rings is 1. The first-order valence-electron chi connectivity index (χ1n) is 9.32. The Hall–Kier alpha value is -4.26. The monoisotopic (exact) mass is 398 g/mol. The predicted octanol–water partition coefficient (Wildman–Crippen LogP) is 2.90. The van der Waals surface area contributed by atoms with E-state index in [9.17, 15) is 14.4 Å². The molecule has 2 aromatic carbocycles. The largest absolute Gasteiger partial charge is 0.328 e. The molecular formula is C23H18N4O3. The number of hydrogen-bond acceptors (Lipinski definition) is 4. The molecule has 0 spiro atoms. The summed E-state index contributed by atoms with van der Waals surface area (Å²) in [5.41, 5.74) is 1.42. The van der Waals surface area contributed by atoms with E-state index in [1.807, 2.05) is 42.5 Å². The number of hydrogen-bond donors (Lipinski definition) is 2. The number of rotatable bonds is 5. The van der Waals surface area contributed by atoms with Crippen LogP contribution in [0.1, 0.15) is 16.1 Å². The summed E-state index contributed by atoms with van der Waals surface area (Å²) < 4.78 is 0.959. The van der Waals surface area contributed by atoms with Crippen molar-refractivity contribution in [3.05, 3.63) is 117 Å². The van der Waals surface area contributed by atoms with Gasteiger partial charge in [0, 0.05) is 23.6 Å². The Bertz CT molecular complexity index is 1300. The number of H-pyrrole nitrogens is 1. The van der Waals surface area contributed by atoms with Crippen molar-refractivity contribution in [2.45, 2.75) is 6.54 Å². The standard InChI is InChI=1S/C23H18N4O3/c28-21(26-20-12-5-4-11-18(20)16-8-2-1-3-9-16)19-14-25-23(30)27(22(19)29)15-17-10-6-7-13-24-17/h1-14H,15H2,(H,25,30)(H,26,28). The second kappa shape index (κ2) is 8.40. The fourth-order valence-corrected chi connectivity index (χ4v) is 3.12. The maximum atomic E-state index is 12.9. The zero-order valence-electron chi connectivity index (χ0n) is 15.9. The summed E-state index contributed by atoms with van der Waals surface area (Å²) in [6.45, 7) is -0.0310. The van der Waals surface area contributed by atoms with Gasteiger partial charge in [-0.2, -0.15) is 0 Å². The van der Waals surface area contributed by atoms with Crippen molar-refractivity contribution in [3.63, 3.8) is 0 Å². The average Bonchev–Trinajstić information content (AvgIpc) is 2.78. The smallest absolute Gasteiger partial charge is 0.321 e. The Balaban J connectivity index is 1.67. The lowest BCUT2D eigenvalue weighted by Gasteiger charge is -2.12. The topological polar surface area (TPSA) is 96.8 Å². The Morgan fingerprint density at radius 2 is 1.67 bits per heavy atom. The van der Waals surface area contributed by atoms with E-state index in [0.717, 1.165) is 21.9 Å². The van der Waals surface area contributed by atoms with Crippen LogP contribution in [0.25, 0.3) is 11.1 Å². The predicted molar refractivity (Wildman–Crippen MR) is 114 cm³/mol. The summed E-state index contributed by atoms with van der Waals surface area (Å²) in [5.74, 6) is -0.602. The number of benzene rings is 2. The van der Waals surface area contributed by atoms with Gasteiger partial charge in [-0.15, -0.1) is 0 Å². The molecule has 0 radical (unpaired) electrons. The van der Waals surface area contributed by atoms with E-state index in [4.69, 9.17) is 0 Å². The van der Waals surface area contributed by atoms with Crippen LogP contribution >= 0.6 is 0 Å². The van der Waals surface area contributed by atoms with E-state index in [1.54, 1.807) is 36.5 Å². The third-order valence-corrected chi connectivity index (χ3v) is 4.61. The number of aromatic amines is 1. The van der Waals surface area contributed by atoms with Crippen LogP contribution in [0.15, 0.2) is 94.8 Å². The zero-order chi connectivity index (χ0) is 20.9. The van der Waals surface area contributed by atoms with Gasteiger partial charge >= 0.3 is 5.69 Å². The van der Waals surface area contributed by atoms with Crippen molar-refractivity contribution in [3.8, 4) is 11.1 Å². The first-order valence-corrected chi connectivity index (χ1v) is 9.32. The molecule has 0 atom stereocenters. The van der Waals surface area contributed by atoms with Crippen LogP contribution in [-0.4, -0.2) is 20.4 Å². The molecule has 0 bridgehead atoms. The van der Waals surface area contributed by atoms with Crippen LogP contribution in [0.2, 0.25) is 0 Å². The van der Waals surface area contributed by atoms with Crippen molar-refractivity contribution >= 4 is 11.6 Å². The van der Waals surface area contributed by atoms with Gasteiger partial charge in [-0.3, -0.25) is 19.1 Å². The average molecular weight is 398 g/mol. The molecule has 7 nitrogen and oxygen atoms in total. The molecule has 30 heavy (non-hydrogen) atoms. The van der Waals surface area contributed by atoms with E-state index < -0.39 is 17.2 Å². The Morgan fingerprint density at radius 1 is 0.933 bits per heavy atom. The van der Waals surface area contributed by atoms with E-state index in [0.29, 0.717) is 11.4 Å². The Morgan fingerprint density at radius 3 is 2.43 bits per heavy atom. The van der Waals surface area contributed by atoms with Gasteiger partial charge in [-0.1, -0.05) is 54.6 Å². The minimum absolute atomic E-state index is 0.0310. The fourth-order valence-electron chi connectivity index (χ4n) is 3.12. The lowest BCUT2D eigenvalue weighted by molar-refractivity contribution is 0.102. The number of amides is 1. The molecular weight excluding hydrogens is 380 g/mol. The van der Waals surface area contributed by atoms with E-state index in [1.165, 1.54) is 0 Å². The molecule has 0 aliphatic carbocycles. The molecule has 0 saturated heterocycles. The molecule has 4 rings (SSSR count). The second-order valence-electron chi connectivity index (χ2n) is 6.59. The van der Waals surface area contributed by atoms with Crippen molar-refractivity contribution < 1.29 is 4.79 Å². The minimum Gasteiger partial charge on any atom is -0.321 e. The van der Waals surface area contributed by atoms with E-state index >= 15 is 0 Å². The maximum Gasteiger partial charge on any atom is 0.328 e. The van der Waals surface area contributed by atoms with Crippen molar-refractivity contribution in [2.75, 3.05) is 5.32 Å². The van der Waals surface area contributed by atoms with Gasteiger partial charge < -0.3 is 10.3 Å². The van der Waals surface area contributed by atoms with Crippen LogP contribution < -0.4 is 16.6 Å². The number of carbonyl (C=O) groups is 1.